The Labute approximate surface area is 125 Å². The highest BCUT2D eigenvalue weighted by atomic mass is 16.5. The number of furan rings is 1. The molecule has 1 aliphatic rings. The maximum atomic E-state index is 9.35. The zero-order valence-electron chi connectivity index (χ0n) is 12.5. The molecule has 0 saturated heterocycles. The van der Waals surface area contributed by atoms with Crippen molar-refractivity contribution in [3.8, 4) is 5.75 Å². The highest BCUT2D eigenvalue weighted by Crippen LogP contribution is 2.31. The first kappa shape index (κ1) is 14.4. The van der Waals surface area contributed by atoms with E-state index >= 15 is 0 Å². The maximum absolute atomic E-state index is 9.35. The minimum atomic E-state index is 0.314. The molecule has 2 atom stereocenters. The Kier molecular flexibility index (Phi) is 4.46. The van der Waals surface area contributed by atoms with E-state index in [0.29, 0.717) is 25.0 Å². The van der Waals surface area contributed by atoms with E-state index in [-0.39, 0.29) is 0 Å². The first-order valence-electron chi connectivity index (χ1n) is 7.69. The van der Waals surface area contributed by atoms with Crippen molar-refractivity contribution >= 4 is 11.0 Å². The first-order valence-corrected chi connectivity index (χ1v) is 7.69. The minimum absolute atomic E-state index is 0.314. The van der Waals surface area contributed by atoms with Crippen molar-refractivity contribution in [1.82, 2.24) is 5.32 Å². The van der Waals surface area contributed by atoms with Crippen LogP contribution in [0.2, 0.25) is 0 Å². The van der Waals surface area contributed by atoms with Crippen molar-refractivity contribution in [2.45, 2.75) is 25.8 Å². The van der Waals surface area contributed by atoms with Crippen LogP contribution in [0.4, 0.5) is 0 Å². The Bertz CT molecular complexity index is 593. The lowest BCUT2D eigenvalue weighted by molar-refractivity contribution is 0.192. The summed E-state index contributed by atoms with van der Waals surface area (Å²) in [7, 11) is 1.66. The number of nitrogens with one attached hydrogen (secondary N) is 1. The molecule has 1 fully saturated rings. The second-order valence-electron chi connectivity index (χ2n) is 5.86. The molecular weight excluding hydrogens is 266 g/mol. The zero-order valence-corrected chi connectivity index (χ0v) is 12.5. The predicted molar refractivity (Wildman–Crippen MR) is 82.4 cm³/mol. The van der Waals surface area contributed by atoms with Crippen LogP contribution in [0.5, 0.6) is 5.75 Å². The highest BCUT2D eigenvalue weighted by molar-refractivity contribution is 5.83. The topological polar surface area (TPSA) is 54.6 Å². The molecule has 2 N–H and O–H groups in total. The number of fused-ring (bicyclic) bond motifs is 1. The molecule has 0 amide bonds. The summed E-state index contributed by atoms with van der Waals surface area (Å²) in [6.45, 7) is 1.97. The molecule has 0 aliphatic heterocycles. The smallest absolute Gasteiger partial charge is 0.176 e. The van der Waals surface area contributed by atoms with Crippen molar-refractivity contribution in [1.29, 1.82) is 0 Å². The average molecular weight is 289 g/mol. The summed E-state index contributed by atoms with van der Waals surface area (Å²) in [5.74, 6) is 2.75. The summed E-state index contributed by atoms with van der Waals surface area (Å²) >= 11 is 0. The molecule has 0 spiro atoms. The lowest BCUT2D eigenvalue weighted by Crippen LogP contribution is -2.26. The number of methoxy groups -OCH3 is 1. The van der Waals surface area contributed by atoms with Crippen LogP contribution in [0, 0.1) is 11.8 Å². The molecule has 4 heteroatoms. The van der Waals surface area contributed by atoms with Gasteiger partial charge in [-0.15, -0.1) is 0 Å². The minimum Gasteiger partial charge on any atom is -0.493 e. The standard InChI is InChI=1S/C17H23NO3/c1-20-16-7-3-4-12-8-15(21-17(12)16)10-18-9-13-5-2-6-14(13)11-19/h3-4,7-8,13-14,18-19H,2,5-6,9-11H2,1H3. The third-order valence-electron chi connectivity index (χ3n) is 4.54. The van der Waals surface area contributed by atoms with Crippen LogP contribution in [0.3, 0.4) is 0 Å². The molecule has 2 unspecified atom stereocenters. The summed E-state index contributed by atoms with van der Waals surface area (Å²) < 4.78 is 11.2. The molecule has 4 nitrogen and oxygen atoms in total. The van der Waals surface area contributed by atoms with Gasteiger partial charge in [0.15, 0.2) is 11.3 Å². The third kappa shape index (κ3) is 3.06. The summed E-state index contributed by atoms with van der Waals surface area (Å²) in [4.78, 5) is 0. The van der Waals surface area contributed by atoms with E-state index in [9.17, 15) is 5.11 Å². The second kappa shape index (κ2) is 6.50. The van der Waals surface area contributed by atoms with Crippen LogP contribution in [-0.4, -0.2) is 25.4 Å². The van der Waals surface area contributed by atoms with Gasteiger partial charge in [0.1, 0.15) is 5.76 Å². The van der Waals surface area contributed by atoms with Gasteiger partial charge >= 0.3 is 0 Å². The Hall–Kier alpha value is -1.52. The molecule has 114 valence electrons. The van der Waals surface area contributed by atoms with Crippen LogP contribution in [0.15, 0.2) is 28.7 Å². The summed E-state index contributed by atoms with van der Waals surface area (Å²) in [6, 6.07) is 7.97. The molecule has 1 saturated carbocycles. The van der Waals surface area contributed by atoms with Gasteiger partial charge in [0, 0.05) is 12.0 Å². The lowest BCUT2D eigenvalue weighted by Gasteiger charge is -2.17. The van der Waals surface area contributed by atoms with Crippen molar-refractivity contribution in [3.05, 3.63) is 30.0 Å². The van der Waals surface area contributed by atoms with Crippen molar-refractivity contribution in [3.63, 3.8) is 0 Å². The number of benzene rings is 1. The van der Waals surface area contributed by atoms with Crippen molar-refractivity contribution in [2.24, 2.45) is 11.8 Å². The summed E-state index contributed by atoms with van der Waals surface area (Å²) in [5.41, 5.74) is 0.811. The van der Waals surface area contributed by atoms with Crippen molar-refractivity contribution in [2.75, 3.05) is 20.3 Å². The Morgan fingerprint density at radius 3 is 3.00 bits per heavy atom. The van der Waals surface area contributed by atoms with Gasteiger partial charge in [0.2, 0.25) is 0 Å². The normalized spacial score (nSPS) is 22.0. The van der Waals surface area contributed by atoms with Gasteiger partial charge < -0.3 is 19.6 Å². The van der Waals surface area contributed by atoms with Gasteiger partial charge in [0.05, 0.1) is 13.7 Å². The summed E-state index contributed by atoms with van der Waals surface area (Å²) in [5, 5.41) is 13.9. The molecule has 0 radical (unpaired) electrons. The largest absolute Gasteiger partial charge is 0.493 e. The van der Waals surface area contributed by atoms with E-state index in [0.717, 1.165) is 35.4 Å². The van der Waals surface area contributed by atoms with Gasteiger partial charge in [-0.3, -0.25) is 0 Å². The fraction of sp³-hybridized carbons (Fsp3) is 0.529. The van der Waals surface area contributed by atoms with Gasteiger partial charge in [-0.1, -0.05) is 18.6 Å². The molecule has 1 aromatic heterocycles. The molecular formula is C17H23NO3. The summed E-state index contributed by atoms with van der Waals surface area (Å²) in [6.07, 6.45) is 3.61. The van der Waals surface area contributed by atoms with Crippen LogP contribution < -0.4 is 10.1 Å². The number of para-hydroxylation sites is 1. The van der Waals surface area contributed by atoms with Crippen LogP contribution in [-0.2, 0) is 6.54 Å². The monoisotopic (exact) mass is 289 g/mol. The van der Waals surface area contributed by atoms with E-state index in [1.54, 1.807) is 7.11 Å². The quantitative estimate of drug-likeness (QED) is 0.858. The molecule has 0 bridgehead atoms. The molecule has 21 heavy (non-hydrogen) atoms. The van der Waals surface area contributed by atoms with Crippen LogP contribution in [0.1, 0.15) is 25.0 Å². The third-order valence-corrected chi connectivity index (χ3v) is 4.54. The van der Waals surface area contributed by atoms with Gasteiger partial charge in [-0.25, -0.2) is 0 Å². The van der Waals surface area contributed by atoms with Crippen LogP contribution >= 0.6 is 0 Å². The Balaban J connectivity index is 1.60. The van der Waals surface area contributed by atoms with E-state index in [1.165, 1.54) is 12.8 Å². The highest BCUT2D eigenvalue weighted by Gasteiger charge is 2.26. The van der Waals surface area contributed by atoms with Crippen molar-refractivity contribution < 1.29 is 14.3 Å². The SMILES string of the molecule is COc1cccc2cc(CNCC3CCCC3CO)oc12. The Morgan fingerprint density at radius 2 is 2.19 bits per heavy atom. The average Bonchev–Trinajstić information content (AvgIpc) is 3.12. The maximum Gasteiger partial charge on any atom is 0.176 e. The molecule has 1 aliphatic carbocycles. The molecule has 3 rings (SSSR count). The van der Waals surface area contributed by atoms with E-state index in [1.807, 2.05) is 18.2 Å². The molecule has 1 aromatic carbocycles. The number of aliphatic hydroxyl groups excluding tert-OH is 1. The van der Waals surface area contributed by atoms with E-state index in [2.05, 4.69) is 11.4 Å². The number of hydrogen-bond donors (Lipinski definition) is 2. The van der Waals surface area contributed by atoms with E-state index < -0.39 is 0 Å². The molecule has 2 aromatic rings. The zero-order chi connectivity index (χ0) is 14.7. The van der Waals surface area contributed by atoms with Gasteiger partial charge in [-0.05, 0) is 43.4 Å². The van der Waals surface area contributed by atoms with Gasteiger partial charge in [-0.2, -0.15) is 0 Å². The molecule has 1 heterocycles. The Morgan fingerprint density at radius 1 is 1.33 bits per heavy atom. The number of rotatable bonds is 6. The fourth-order valence-corrected chi connectivity index (χ4v) is 3.34. The first-order chi connectivity index (χ1) is 10.3. The predicted octanol–water partition coefficient (Wildman–Crippen LogP) is 2.94. The lowest BCUT2D eigenvalue weighted by atomic mass is 9.97. The number of hydrogen-bond acceptors (Lipinski definition) is 4. The fourth-order valence-electron chi connectivity index (χ4n) is 3.34. The van der Waals surface area contributed by atoms with Crippen LogP contribution in [0.25, 0.3) is 11.0 Å². The van der Waals surface area contributed by atoms with E-state index in [4.69, 9.17) is 9.15 Å². The number of aliphatic hydroxyl groups is 1. The van der Waals surface area contributed by atoms with Gasteiger partial charge in [0.25, 0.3) is 0 Å². The second-order valence-corrected chi connectivity index (χ2v) is 5.86. The number of ether oxygens (including phenoxy) is 1.